The fourth-order valence-corrected chi connectivity index (χ4v) is 0. The van der Waals surface area contributed by atoms with Gasteiger partial charge in [0.25, 0.3) is 0 Å². The van der Waals surface area contributed by atoms with Crippen LogP contribution in [0.2, 0.25) is 17.3 Å². The molecule has 0 radical (unpaired) electrons. The molecular weight excluding hydrogens is 147 g/mol. The molecule has 0 fully saturated rings. The maximum absolute atomic E-state index is 2.38. The average molecular weight is 162 g/mol. The summed E-state index contributed by atoms with van der Waals surface area (Å²) in [7, 11) is 4.33. The van der Waals surface area contributed by atoms with Crippen molar-refractivity contribution >= 4 is 13.5 Å². The van der Waals surface area contributed by atoms with E-state index in [9.17, 15) is 0 Å². The Bertz CT molecular complexity index is 53.6. The summed E-state index contributed by atoms with van der Waals surface area (Å²) in [4.78, 5) is 0. The third kappa shape index (κ3) is 3.12. The molecule has 0 amide bonds. The standard InChI is InChI=1S/C5H15GeN/c1-6(2,3)7(4)5/h1-5H3. The number of hydrogen-bond donors (Lipinski definition) is 0. The molecule has 0 saturated carbocycles. The Hall–Kier alpha value is 0.503. The predicted molar refractivity (Wildman–Crippen MR) is 37.0 cm³/mol. The van der Waals surface area contributed by atoms with E-state index in [0.717, 1.165) is 0 Å². The molecule has 0 aliphatic rings. The van der Waals surface area contributed by atoms with E-state index < -0.39 is 13.5 Å². The van der Waals surface area contributed by atoms with E-state index in [1.54, 1.807) is 0 Å². The molecule has 0 N–H and O–H groups in total. The Morgan fingerprint density at radius 2 is 1.14 bits per heavy atom. The maximum atomic E-state index is 2.38. The Morgan fingerprint density at radius 3 is 1.14 bits per heavy atom. The molecule has 0 aliphatic heterocycles. The molecule has 0 atom stereocenters. The van der Waals surface area contributed by atoms with Crippen LogP contribution >= 0.6 is 0 Å². The Labute approximate surface area is 49.3 Å². The molecule has 0 saturated heterocycles. The van der Waals surface area contributed by atoms with Gasteiger partial charge < -0.3 is 0 Å². The summed E-state index contributed by atoms with van der Waals surface area (Å²) in [6.45, 7) is 0. The molecule has 0 aromatic carbocycles. The van der Waals surface area contributed by atoms with Gasteiger partial charge in [-0.3, -0.25) is 0 Å². The van der Waals surface area contributed by atoms with E-state index in [1.165, 1.54) is 0 Å². The van der Waals surface area contributed by atoms with Crippen LogP contribution in [0.25, 0.3) is 0 Å². The molecule has 0 aromatic heterocycles. The molecule has 0 unspecified atom stereocenters. The van der Waals surface area contributed by atoms with Crippen molar-refractivity contribution in [2.75, 3.05) is 14.1 Å². The molecular formula is C5H15GeN. The van der Waals surface area contributed by atoms with E-state index in [0.29, 0.717) is 0 Å². The molecule has 0 aromatic rings. The summed E-state index contributed by atoms with van der Waals surface area (Å²) < 4.78 is 2.38. The van der Waals surface area contributed by atoms with Gasteiger partial charge in [-0.1, -0.05) is 0 Å². The van der Waals surface area contributed by atoms with Crippen LogP contribution in [0.4, 0.5) is 0 Å². The second-order valence-electron chi connectivity index (χ2n) is 3.07. The summed E-state index contributed by atoms with van der Waals surface area (Å²) in [5.41, 5.74) is 0. The molecule has 0 rings (SSSR count). The van der Waals surface area contributed by atoms with Gasteiger partial charge in [-0.15, -0.1) is 0 Å². The van der Waals surface area contributed by atoms with Crippen LogP contribution in [-0.2, 0) is 0 Å². The minimum atomic E-state index is -1.33. The normalized spacial score (nSPS) is 12.9. The first-order chi connectivity index (χ1) is 2.94. The van der Waals surface area contributed by atoms with Gasteiger partial charge >= 0.3 is 48.7 Å². The number of hydrogen-bond acceptors (Lipinski definition) is 1. The molecule has 0 spiro atoms. The molecule has 7 heavy (non-hydrogen) atoms. The van der Waals surface area contributed by atoms with Crippen molar-refractivity contribution in [1.82, 2.24) is 3.86 Å². The van der Waals surface area contributed by atoms with Crippen LogP contribution in [0.5, 0.6) is 0 Å². The van der Waals surface area contributed by atoms with Crippen molar-refractivity contribution in [2.45, 2.75) is 17.3 Å². The van der Waals surface area contributed by atoms with E-state index >= 15 is 0 Å². The van der Waals surface area contributed by atoms with Crippen LogP contribution in [0.1, 0.15) is 0 Å². The molecule has 0 aliphatic carbocycles. The Morgan fingerprint density at radius 1 is 1.00 bits per heavy atom. The summed E-state index contributed by atoms with van der Waals surface area (Å²) >= 11 is -1.33. The van der Waals surface area contributed by atoms with Gasteiger partial charge in [0, 0.05) is 0 Å². The summed E-state index contributed by atoms with van der Waals surface area (Å²) in [6, 6.07) is 0. The number of rotatable bonds is 1. The third-order valence-electron chi connectivity index (χ3n) is 1.34. The molecule has 44 valence electrons. The molecule has 1 nitrogen and oxygen atoms in total. The van der Waals surface area contributed by atoms with E-state index in [1.807, 2.05) is 0 Å². The van der Waals surface area contributed by atoms with Crippen LogP contribution in [0.3, 0.4) is 0 Å². The molecule has 0 bridgehead atoms. The van der Waals surface area contributed by atoms with Crippen molar-refractivity contribution in [2.24, 2.45) is 0 Å². The van der Waals surface area contributed by atoms with Gasteiger partial charge in [-0.05, 0) is 0 Å². The van der Waals surface area contributed by atoms with Gasteiger partial charge in [0.1, 0.15) is 0 Å². The van der Waals surface area contributed by atoms with Gasteiger partial charge in [0.15, 0.2) is 0 Å². The van der Waals surface area contributed by atoms with Gasteiger partial charge in [-0.2, -0.15) is 0 Å². The Balaban J connectivity index is 3.54. The van der Waals surface area contributed by atoms with Crippen molar-refractivity contribution in [3.05, 3.63) is 0 Å². The Kier molecular flexibility index (Phi) is 2.34. The quantitative estimate of drug-likeness (QED) is 0.526. The summed E-state index contributed by atoms with van der Waals surface area (Å²) in [5, 5.41) is 0. The van der Waals surface area contributed by atoms with E-state index in [-0.39, 0.29) is 0 Å². The first-order valence-electron chi connectivity index (χ1n) is 2.62. The molecule has 2 heteroatoms. The second kappa shape index (κ2) is 2.18. The summed E-state index contributed by atoms with van der Waals surface area (Å²) in [6.07, 6.45) is 0. The monoisotopic (exact) mass is 163 g/mol. The van der Waals surface area contributed by atoms with Gasteiger partial charge in [0.2, 0.25) is 0 Å². The van der Waals surface area contributed by atoms with Gasteiger partial charge in [0.05, 0.1) is 0 Å². The van der Waals surface area contributed by atoms with Crippen molar-refractivity contribution in [3.63, 3.8) is 0 Å². The van der Waals surface area contributed by atoms with Gasteiger partial charge in [-0.25, -0.2) is 0 Å². The van der Waals surface area contributed by atoms with E-state index in [2.05, 4.69) is 35.2 Å². The van der Waals surface area contributed by atoms with Crippen LogP contribution in [0, 0.1) is 0 Å². The zero-order valence-electron chi connectivity index (χ0n) is 5.95. The zero-order chi connectivity index (χ0) is 6.08. The second-order valence-corrected chi connectivity index (χ2v) is 14.1. The molecule has 0 heterocycles. The van der Waals surface area contributed by atoms with Crippen LogP contribution in [0.15, 0.2) is 0 Å². The first kappa shape index (κ1) is 7.50. The fourth-order valence-electron chi connectivity index (χ4n) is 0. The SMILES string of the molecule is C[N](C)[Ge]([CH3])([CH3])[CH3]. The van der Waals surface area contributed by atoms with Crippen LogP contribution in [-0.4, -0.2) is 31.4 Å². The van der Waals surface area contributed by atoms with Crippen molar-refractivity contribution in [3.8, 4) is 0 Å². The first-order valence-corrected chi connectivity index (χ1v) is 9.85. The zero-order valence-corrected chi connectivity index (χ0v) is 8.05. The number of nitrogens with zero attached hydrogens (tertiary/aromatic N) is 1. The third-order valence-corrected chi connectivity index (χ3v) is 6.97. The van der Waals surface area contributed by atoms with Crippen molar-refractivity contribution in [1.29, 1.82) is 0 Å². The minimum absolute atomic E-state index is 1.33. The van der Waals surface area contributed by atoms with Crippen LogP contribution < -0.4 is 0 Å². The topological polar surface area (TPSA) is 3.24 Å². The van der Waals surface area contributed by atoms with Crippen molar-refractivity contribution < 1.29 is 0 Å². The predicted octanol–water partition coefficient (Wildman–Crippen LogP) is 1.38. The average Bonchev–Trinajstić information content (AvgIpc) is 1.31. The van der Waals surface area contributed by atoms with E-state index in [4.69, 9.17) is 0 Å². The summed E-state index contributed by atoms with van der Waals surface area (Å²) in [5.74, 6) is 7.12. The fraction of sp³-hybridized carbons (Fsp3) is 1.00.